The van der Waals surface area contributed by atoms with Crippen LogP contribution >= 0.6 is 0 Å². The molecule has 2 amide bonds. The highest BCUT2D eigenvalue weighted by Gasteiger charge is 2.48. The number of carbonyl (C=O) groups is 2. The van der Waals surface area contributed by atoms with Crippen molar-refractivity contribution in [1.82, 2.24) is 0 Å². The first-order valence-corrected chi connectivity index (χ1v) is 7.74. The van der Waals surface area contributed by atoms with Crippen LogP contribution in [0.1, 0.15) is 38.7 Å². The molecule has 1 aromatic rings. The van der Waals surface area contributed by atoms with E-state index in [1.54, 1.807) is 0 Å². The van der Waals surface area contributed by atoms with E-state index in [4.69, 9.17) is 0 Å². The first-order valence-electron chi connectivity index (χ1n) is 7.74. The van der Waals surface area contributed by atoms with Gasteiger partial charge in [0.05, 0.1) is 17.5 Å². The normalized spacial score (nSPS) is 25.0. The zero-order valence-electron chi connectivity index (χ0n) is 12.6. The van der Waals surface area contributed by atoms with Crippen LogP contribution in [0, 0.1) is 11.8 Å². The summed E-state index contributed by atoms with van der Waals surface area (Å²) in [7, 11) is 0. The summed E-state index contributed by atoms with van der Waals surface area (Å²) >= 11 is 0. The van der Waals surface area contributed by atoms with Crippen molar-refractivity contribution < 1.29 is 9.59 Å². The van der Waals surface area contributed by atoms with Crippen LogP contribution in [-0.4, -0.2) is 11.8 Å². The molecule has 0 aromatic heterocycles. The number of hydrogen-bond donors (Lipinski definition) is 0. The van der Waals surface area contributed by atoms with Crippen LogP contribution in [-0.2, 0) is 16.0 Å². The maximum Gasteiger partial charge on any atom is 0.238 e. The van der Waals surface area contributed by atoms with Gasteiger partial charge in [-0.05, 0) is 43.9 Å². The number of benzene rings is 1. The Morgan fingerprint density at radius 3 is 2.43 bits per heavy atom. The van der Waals surface area contributed by atoms with E-state index in [2.05, 4.69) is 13.0 Å². The summed E-state index contributed by atoms with van der Waals surface area (Å²) in [6.07, 6.45) is 5.64. The van der Waals surface area contributed by atoms with E-state index in [1.165, 1.54) is 16.0 Å². The van der Waals surface area contributed by atoms with Gasteiger partial charge in [-0.1, -0.05) is 37.1 Å². The van der Waals surface area contributed by atoms with E-state index < -0.39 is 0 Å². The van der Waals surface area contributed by atoms with Crippen molar-refractivity contribution in [2.24, 2.45) is 11.8 Å². The molecule has 0 N–H and O–H groups in total. The molecule has 3 heteroatoms. The molecule has 3 nitrogen and oxygen atoms in total. The minimum atomic E-state index is -0.156. The van der Waals surface area contributed by atoms with Crippen molar-refractivity contribution in [3.05, 3.63) is 41.5 Å². The Labute approximate surface area is 125 Å². The van der Waals surface area contributed by atoms with Gasteiger partial charge < -0.3 is 0 Å². The van der Waals surface area contributed by atoms with Crippen molar-refractivity contribution in [2.45, 2.75) is 39.5 Å². The van der Waals surface area contributed by atoms with Crippen molar-refractivity contribution in [3.63, 3.8) is 0 Å². The van der Waals surface area contributed by atoms with Crippen molar-refractivity contribution >= 4 is 17.5 Å². The summed E-state index contributed by atoms with van der Waals surface area (Å²) in [4.78, 5) is 26.5. The summed E-state index contributed by atoms with van der Waals surface area (Å²) in [6.45, 7) is 4.18. The lowest BCUT2D eigenvalue weighted by atomic mass is 9.82. The number of fused-ring (bicyclic) bond motifs is 1. The number of aryl methyl sites for hydroxylation is 1. The Balaban J connectivity index is 1.86. The second kappa shape index (κ2) is 5.47. The van der Waals surface area contributed by atoms with Crippen LogP contribution in [0.5, 0.6) is 0 Å². The summed E-state index contributed by atoms with van der Waals surface area (Å²) in [5.74, 6) is -0.369. The molecule has 0 bridgehead atoms. The Kier molecular flexibility index (Phi) is 3.66. The summed E-state index contributed by atoms with van der Waals surface area (Å²) in [5, 5.41) is 0. The molecule has 0 unspecified atom stereocenters. The van der Waals surface area contributed by atoms with Crippen molar-refractivity contribution in [1.29, 1.82) is 0 Å². The number of hydrogen-bond acceptors (Lipinski definition) is 2. The summed E-state index contributed by atoms with van der Waals surface area (Å²) in [6, 6.07) is 7.84. The Morgan fingerprint density at radius 1 is 1.10 bits per heavy atom. The van der Waals surface area contributed by atoms with Crippen LogP contribution in [0.3, 0.4) is 0 Å². The third-order valence-electron chi connectivity index (χ3n) is 4.56. The van der Waals surface area contributed by atoms with Gasteiger partial charge in [0.25, 0.3) is 0 Å². The van der Waals surface area contributed by atoms with E-state index >= 15 is 0 Å². The van der Waals surface area contributed by atoms with Crippen LogP contribution < -0.4 is 4.90 Å². The number of nitrogens with zero attached hydrogens (tertiary/aromatic N) is 1. The van der Waals surface area contributed by atoms with E-state index in [0.717, 1.165) is 24.9 Å². The minimum absolute atomic E-state index is 0.0271. The average Bonchev–Trinajstić information content (AvgIpc) is 2.72. The van der Waals surface area contributed by atoms with E-state index in [9.17, 15) is 9.59 Å². The Morgan fingerprint density at radius 2 is 1.76 bits per heavy atom. The predicted molar refractivity (Wildman–Crippen MR) is 82.9 cm³/mol. The molecule has 2 aliphatic rings. The number of carbonyl (C=O) groups excluding carboxylic acids is 2. The molecule has 1 heterocycles. The standard InChI is InChI=1S/C18H21NO2/c1-3-4-13-6-8-14(9-7-13)19-17(20)15-10-5-12(2)11-16(15)18(19)21/h5-9,15-16H,3-4,10-11H2,1-2H3/t15-,16-/m1/s1. The lowest BCUT2D eigenvalue weighted by Crippen LogP contribution is -2.30. The van der Waals surface area contributed by atoms with Gasteiger partial charge in [0.2, 0.25) is 11.8 Å². The molecule has 0 spiro atoms. The topological polar surface area (TPSA) is 37.4 Å². The molecule has 1 saturated heterocycles. The third-order valence-corrected chi connectivity index (χ3v) is 4.56. The molecule has 110 valence electrons. The number of allylic oxidation sites excluding steroid dienone is 2. The van der Waals surface area contributed by atoms with Gasteiger partial charge in [-0.2, -0.15) is 0 Å². The van der Waals surface area contributed by atoms with Gasteiger partial charge in [0.15, 0.2) is 0 Å². The molecule has 1 fully saturated rings. The first kappa shape index (κ1) is 14.1. The van der Waals surface area contributed by atoms with Crippen LogP contribution in [0.2, 0.25) is 0 Å². The number of imide groups is 1. The van der Waals surface area contributed by atoms with E-state index in [-0.39, 0.29) is 23.7 Å². The van der Waals surface area contributed by atoms with Crippen LogP contribution in [0.25, 0.3) is 0 Å². The predicted octanol–water partition coefficient (Wildman–Crippen LogP) is 3.48. The largest absolute Gasteiger partial charge is 0.274 e. The second-order valence-corrected chi connectivity index (χ2v) is 6.13. The lowest BCUT2D eigenvalue weighted by Gasteiger charge is -2.18. The fourth-order valence-electron chi connectivity index (χ4n) is 3.39. The molecule has 1 aliphatic carbocycles. The maximum atomic E-state index is 12.6. The SMILES string of the molecule is CCCc1ccc(N2C(=O)[C@@H]3CC=C(C)C[C@H]3C2=O)cc1. The average molecular weight is 283 g/mol. The zero-order valence-corrected chi connectivity index (χ0v) is 12.6. The zero-order chi connectivity index (χ0) is 15.0. The molecule has 0 saturated carbocycles. The molecule has 1 aliphatic heterocycles. The number of rotatable bonds is 3. The third kappa shape index (κ3) is 2.41. The van der Waals surface area contributed by atoms with Gasteiger partial charge in [-0.25, -0.2) is 0 Å². The van der Waals surface area contributed by atoms with E-state index in [0.29, 0.717) is 6.42 Å². The highest BCUT2D eigenvalue weighted by atomic mass is 16.2. The fourth-order valence-corrected chi connectivity index (χ4v) is 3.39. The van der Waals surface area contributed by atoms with Gasteiger partial charge >= 0.3 is 0 Å². The van der Waals surface area contributed by atoms with Gasteiger partial charge in [-0.15, -0.1) is 0 Å². The van der Waals surface area contributed by atoms with Crippen LogP contribution in [0.4, 0.5) is 5.69 Å². The highest BCUT2D eigenvalue weighted by Crippen LogP contribution is 2.39. The molecular formula is C18H21NO2. The smallest absolute Gasteiger partial charge is 0.238 e. The quantitative estimate of drug-likeness (QED) is 0.629. The highest BCUT2D eigenvalue weighted by molar-refractivity contribution is 6.22. The Bertz CT molecular complexity index is 600. The van der Waals surface area contributed by atoms with E-state index in [1.807, 2.05) is 31.2 Å². The maximum absolute atomic E-state index is 12.6. The second-order valence-electron chi connectivity index (χ2n) is 6.13. The number of anilines is 1. The monoisotopic (exact) mass is 283 g/mol. The van der Waals surface area contributed by atoms with Crippen molar-refractivity contribution in [3.8, 4) is 0 Å². The number of amides is 2. The summed E-state index contributed by atoms with van der Waals surface area (Å²) in [5.41, 5.74) is 3.18. The van der Waals surface area contributed by atoms with Gasteiger partial charge in [0.1, 0.15) is 0 Å². The van der Waals surface area contributed by atoms with Crippen molar-refractivity contribution in [2.75, 3.05) is 4.90 Å². The molecule has 3 rings (SSSR count). The van der Waals surface area contributed by atoms with Crippen LogP contribution in [0.15, 0.2) is 35.9 Å². The molecule has 2 atom stereocenters. The minimum Gasteiger partial charge on any atom is -0.274 e. The van der Waals surface area contributed by atoms with Gasteiger partial charge in [0, 0.05) is 0 Å². The fraction of sp³-hybridized carbons (Fsp3) is 0.444. The molecule has 1 aromatic carbocycles. The Hall–Kier alpha value is -1.90. The summed E-state index contributed by atoms with van der Waals surface area (Å²) < 4.78 is 0. The molecule has 0 radical (unpaired) electrons. The first-order chi connectivity index (χ1) is 10.1. The molecular weight excluding hydrogens is 262 g/mol. The lowest BCUT2D eigenvalue weighted by molar-refractivity contribution is -0.122. The molecule has 21 heavy (non-hydrogen) atoms. The van der Waals surface area contributed by atoms with Gasteiger partial charge in [-0.3, -0.25) is 14.5 Å².